The van der Waals surface area contributed by atoms with Gasteiger partial charge < -0.3 is 9.05 Å². The molecular formula is C16H26NO6PS. The van der Waals surface area contributed by atoms with Crippen LogP contribution in [0.5, 0.6) is 0 Å². The van der Waals surface area contributed by atoms with E-state index >= 15 is 0 Å². The Balaban J connectivity index is 3.04. The topological polar surface area (TPSA) is 98.8 Å². The lowest BCUT2D eigenvalue weighted by atomic mass is 10.0. The van der Waals surface area contributed by atoms with Crippen LogP contribution in [0.1, 0.15) is 25.8 Å². The molecule has 1 rings (SSSR count). The first kappa shape index (κ1) is 22.0. The van der Waals surface area contributed by atoms with Gasteiger partial charge in [-0.3, -0.25) is 9.36 Å². The van der Waals surface area contributed by atoms with Gasteiger partial charge in [0.25, 0.3) is 0 Å². The number of rotatable bonds is 10. The molecule has 1 aromatic carbocycles. The highest BCUT2D eigenvalue weighted by molar-refractivity contribution is 7.89. The van der Waals surface area contributed by atoms with E-state index in [1.807, 2.05) is 20.8 Å². The molecule has 0 saturated heterocycles. The quantitative estimate of drug-likeness (QED) is 0.616. The van der Waals surface area contributed by atoms with E-state index in [1.165, 1.54) is 26.4 Å². The smallest absolute Gasteiger partial charge is 0.312 e. The third-order valence-electron chi connectivity index (χ3n) is 3.63. The SMILES string of the molecule is COP(=O)(CC(=O)[C@H](CC(C)C)NS(=O)(=O)c1ccc(C)cc1)OC. The van der Waals surface area contributed by atoms with E-state index in [2.05, 4.69) is 4.72 Å². The summed E-state index contributed by atoms with van der Waals surface area (Å²) in [5, 5.41) is 0. The average molecular weight is 391 g/mol. The van der Waals surface area contributed by atoms with Gasteiger partial charge in [0, 0.05) is 14.2 Å². The fraction of sp³-hybridized carbons (Fsp3) is 0.562. The summed E-state index contributed by atoms with van der Waals surface area (Å²) >= 11 is 0. The van der Waals surface area contributed by atoms with Crippen LogP contribution in [0.15, 0.2) is 29.2 Å². The molecule has 0 saturated carbocycles. The number of ketones is 1. The van der Waals surface area contributed by atoms with Crippen molar-refractivity contribution in [3.05, 3.63) is 29.8 Å². The van der Waals surface area contributed by atoms with Gasteiger partial charge in [-0.25, -0.2) is 13.1 Å². The predicted octanol–water partition coefficient (Wildman–Crippen LogP) is 2.74. The number of carbonyl (C=O) groups is 1. The standard InChI is InChI=1S/C16H26NO6PS/c1-12(2)10-15(16(18)11-24(19,22-4)23-5)17-25(20,21)14-8-6-13(3)7-9-14/h6-9,12,15,17H,10-11H2,1-5H3/t15-/m0/s1. The Labute approximate surface area is 149 Å². The van der Waals surface area contributed by atoms with Crippen LogP contribution >= 0.6 is 7.60 Å². The normalized spacial score (nSPS) is 13.8. The van der Waals surface area contributed by atoms with Crippen molar-refractivity contribution >= 4 is 23.4 Å². The van der Waals surface area contributed by atoms with Crippen LogP contribution in [-0.4, -0.2) is 40.6 Å². The zero-order chi connectivity index (χ0) is 19.3. The van der Waals surface area contributed by atoms with Crippen molar-refractivity contribution in [1.29, 1.82) is 0 Å². The first-order valence-corrected chi connectivity index (χ1v) is 11.1. The molecule has 0 bridgehead atoms. The van der Waals surface area contributed by atoms with Crippen LogP contribution in [0.25, 0.3) is 0 Å². The molecule has 0 aromatic heterocycles. The Morgan fingerprint density at radius 1 is 1.16 bits per heavy atom. The van der Waals surface area contributed by atoms with E-state index in [9.17, 15) is 17.8 Å². The Kier molecular flexibility index (Phi) is 7.96. The molecule has 9 heteroatoms. The number of hydrogen-bond donors (Lipinski definition) is 1. The minimum absolute atomic E-state index is 0.0548. The minimum Gasteiger partial charge on any atom is -0.312 e. The largest absolute Gasteiger partial charge is 0.337 e. The average Bonchev–Trinajstić information content (AvgIpc) is 2.53. The van der Waals surface area contributed by atoms with Gasteiger partial charge in [0.2, 0.25) is 10.0 Å². The summed E-state index contributed by atoms with van der Waals surface area (Å²) in [5.41, 5.74) is 0.926. The van der Waals surface area contributed by atoms with Crippen molar-refractivity contribution in [2.24, 2.45) is 5.92 Å². The predicted molar refractivity (Wildman–Crippen MR) is 96.2 cm³/mol. The molecule has 0 amide bonds. The lowest BCUT2D eigenvalue weighted by molar-refractivity contribution is -0.118. The number of aryl methyl sites for hydroxylation is 1. The maximum atomic E-state index is 12.5. The van der Waals surface area contributed by atoms with E-state index < -0.39 is 35.6 Å². The maximum absolute atomic E-state index is 12.5. The molecule has 142 valence electrons. The van der Waals surface area contributed by atoms with Gasteiger partial charge in [-0.05, 0) is 31.4 Å². The number of carbonyl (C=O) groups excluding carboxylic acids is 1. The van der Waals surface area contributed by atoms with E-state index in [0.29, 0.717) is 0 Å². The lowest BCUT2D eigenvalue weighted by Gasteiger charge is -2.21. The van der Waals surface area contributed by atoms with Crippen LogP contribution in [-0.2, 0) is 28.4 Å². The Bertz CT molecular complexity index is 721. The van der Waals surface area contributed by atoms with Crippen LogP contribution in [0.3, 0.4) is 0 Å². The highest BCUT2D eigenvalue weighted by Gasteiger charge is 2.33. The fourth-order valence-electron chi connectivity index (χ4n) is 2.19. The highest BCUT2D eigenvalue weighted by Crippen LogP contribution is 2.46. The summed E-state index contributed by atoms with van der Waals surface area (Å²) < 4.78 is 49.3. The number of benzene rings is 1. The van der Waals surface area contributed by atoms with Gasteiger partial charge in [-0.15, -0.1) is 0 Å². The molecule has 0 spiro atoms. The van der Waals surface area contributed by atoms with Gasteiger partial charge in [-0.2, -0.15) is 0 Å². The molecule has 0 aliphatic heterocycles. The molecule has 0 aliphatic carbocycles. The van der Waals surface area contributed by atoms with Crippen molar-refractivity contribution in [1.82, 2.24) is 4.72 Å². The molecule has 0 fully saturated rings. The van der Waals surface area contributed by atoms with Crippen LogP contribution < -0.4 is 4.72 Å². The molecular weight excluding hydrogens is 365 g/mol. The molecule has 1 N–H and O–H groups in total. The van der Waals surface area contributed by atoms with E-state index in [0.717, 1.165) is 5.56 Å². The number of Topliss-reactive ketones (excluding diaryl/α,β-unsaturated/α-hetero) is 1. The summed E-state index contributed by atoms with van der Waals surface area (Å²) in [5.74, 6) is -0.476. The zero-order valence-electron chi connectivity index (χ0n) is 15.2. The van der Waals surface area contributed by atoms with Gasteiger partial charge >= 0.3 is 7.60 Å². The summed E-state index contributed by atoms with van der Waals surface area (Å²) in [6.07, 6.45) is -0.217. The first-order valence-electron chi connectivity index (χ1n) is 7.85. The summed E-state index contributed by atoms with van der Waals surface area (Å²) in [4.78, 5) is 12.6. The van der Waals surface area contributed by atoms with Crippen molar-refractivity contribution in [2.45, 2.75) is 38.1 Å². The van der Waals surface area contributed by atoms with E-state index in [1.54, 1.807) is 12.1 Å². The first-order chi connectivity index (χ1) is 11.5. The summed E-state index contributed by atoms with van der Waals surface area (Å²) in [6, 6.07) is 5.30. The van der Waals surface area contributed by atoms with Crippen LogP contribution in [0.2, 0.25) is 0 Å². The highest BCUT2D eigenvalue weighted by atomic mass is 32.2. The van der Waals surface area contributed by atoms with Gasteiger partial charge in [-0.1, -0.05) is 31.5 Å². The van der Waals surface area contributed by atoms with Crippen LogP contribution in [0.4, 0.5) is 0 Å². The fourth-order valence-corrected chi connectivity index (χ4v) is 4.44. The Morgan fingerprint density at radius 3 is 2.12 bits per heavy atom. The van der Waals surface area contributed by atoms with Crippen molar-refractivity contribution in [2.75, 3.05) is 20.4 Å². The maximum Gasteiger partial charge on any atom is 0.337 e. The molecule has 25 heavy (non-hydrogen) atoms. The molecule has 0 aliphatic rings. The van der Waals surface area contributed by atoms with Crippen molar-refractivity contribution in [3.8, 4) is 0 Å². The summed E-state index contributed by atoms with van der Waals surface area (Å²) in [6.45, 7) is 5.58. The molecule has 1 aromatic rings. The van der Waals surface area contributed by atoms with Crippen molar-refractivity contribution in [3.63, 3.8) is 0 Å². The van der Waals surface area contributed by atoms with Crippen molar-refractivity contribution < 1.29 is 26.8 Å². The third-order valence-corrected chi connectivity index (χ3v) is 6.93. The zero-order valence-corrected chi connectivity index (χ0v) is 16.9. The van der Waals surface area contributed by atoms with Gasteiger partial charge in [0.15, 0.2) is 5.78 Å². The summed E-state index contributed by atoms with van der Waals surface area (Å²) in [7, 11) is -5.07. The monoisotopic (exact) mass is 391 g/mol. The number of nitrogens with one attached hydrogen (secondary N) is 1. The Morgan fingerprint density at radius 2 is 1.68 bits per heavy atom. The second-order valence-corrected chi connectivity index (χ2v) is 10.2. The van der Waals surface area contributed by atoms with E-state index in [4.69, 9.17) is 9.05 Å². The van der Waals surface area contributed by atoms with E-state index in [-0.39, 0.29) is 17.2 Å². The second kappa shape index (κ2) is 9.05. The lowest BCUT2D eigenvalue weighted by Crippen LogP contribution is -2.43. The molecule has 0 heterocycles. The number of hydrogen-bond acceptors (Lipinski definition) is 6. The number of sulfonamides is 1. The second-order valence-electron chi connectivity index (χ2n) is 6.22. The molecule has 7 nitrogen and oxygen atoms in total. The van der Waals surface area contributed by atoms with Gasteiger partial charge in [0.05, 0.1) is 10.9 Å². The molecule has 0 radical (unpaired) electrons. The molecule has 1 atom stereocenters. The van der Waals surface area contributed by atoms with Gasteiger partial charge in [0.1, 0.15) is 6.16 Å². The Hall–Kier alpha value is -1.05. The molecule has 0 unspecified atom stereocenters. The van der Waals surface area contributed by atoms with Crippen LogP contribution in [0, 0.1) is 12.8 Å². The third kappa shape index (κ3) is 6.64. The minimum atomic E-state index is -3.88.